The molecular formula is C18H24IN5O. The van der Waals surface area contributed by atoms with E-state index in [0.717, 1.165) is 12.0 Å². The Labute approximate surface area is 165 Å². The minimum atomic E-state index is -0.132. The molecule has 0 aliphatic carbocycles. The van der Waals surface area contributed by atoms with Gasteiger partial charge in [0.05, 0.1) is 6.54 Å². The zero-order valence-electron chi connectivity index (χ0n) is 14.2. The highest BCUT2D eigenvalue weighted by atomic mass is 127. The largest absolute Gasteiger partial charge is 0.370 e. The van der Waals surface area contributed by atoms with E-state index in [-0.39, 0.29) is 36.3 Å². The van der Waals surface area contributed by atoms with Crippen molar-refractivity contribution < 1.29 is 4.79 Å². The molecule has 25 heavy (non-hydrogen) atoms. The molecule has 0 unspecified atom stereocenters. The monoisotopic (exact) mass is 453 g/mol. The van der Waals surface area contributed by atoms with Crippen molar-refractivity contribution in [2.75, 3.05) is 18.4 Å². The number of aryl methyl sites for hydroxylation is 1. The third-order valence-corrected chi connectivity index (χ3v) is 3.36. The SMILES string of the molecule is Cc1ccc(NC(=O)CCN=C(N)NCCc2ccccc2)nc1.I. The molecule has 1 aromatic carbocycles. The van der Waals surface area contributed by atoms with E-state index in [2.05, 4.69) is 32.7 Å². The van der Waals surface area contributed by atoms with Crippen LogP contribution in [0.15, 0.2) is 53.7 Å². The molecule has 2 rings (SSSR count). The third kappa shape index (κ3) is 8.48. The second-order valence-electron chi connectivity index (χ2n) is 5.45. The lowest BCUT2D eigenvalue weighted by atomic mass is 10.1. The smallest absolute Gasteiger partial charge is 0.227 e. The predicted octanol–water partition coefficient (Wildman–Crippen LogP) is 2.48. The van der Waals surface area contributed by atoms with Crippen LogP contribution in [0, 0.1) is 6.92 Å². The Morgan fingerprint density at radius 2 is 1.96 bits per heavy atom. The quantitative estimate of drug-likeness (QED) is 0.341. The lowest BCUT2D eigenvalue weighted by Crippen LogP contribution is -2.33. The van der Waals surface area contributed by atoms with E-state index >= 15 is 0 Å². The minimum Gasteiger partial charge on any atom is -0.370 e. The number of rotatable bonds is 7. The summed E-state index contributed by atoms with van der Waals surface area (Å²) in [5.74, 6) is 0.767. The summed E-state index contributed by atoms with van der Waals surface area (Å²) in [5, 5.41) is 5.77. The molecule has 134 valence electrons. The Hall–Kier alpha value is -2.16. The number of nitrogens with one attached hydrogen (secondary N) is 2. The highest BCUT2D eigenvalue weighted by Gasteiger charge is 2.02. The van der Waals surface area contributed by atoms with Crippen molar-refractivity contribution in [3.63, 3.8) is 0 Å². The Morgan fingerprint density at radius 3 is 2.64 bits per heavy atom. The molecule has 1 aromatic heterocycles. The highest BCUT2D eigenvalue weighted by Crippen LogP contribution is 2.04. The number of pyridine rings is 1. The van der Waals surface area contributed by atoms with Crippen LogP contribution in [-0.2, 0) is 11.2 Å². The van der Waals surface area contributed by atoms with E-state index in [0.29, 0.717) is 24.9 Å². The molecule has 7 heteroatoms. The van der Waals surface area contributed by atoms with Gasteiger partial charge in [-0.1, -0.05) is 36.4 Å². The van der Waals surface area contributed by atoms with Crippen LogP contribution in [0.3, 0.4) is 0 Å². The van der Waals surface area contributed by atoms with Crippen LogP contribution in [0.2, 0.25) is 0 Å². The molecule has 0 saturated heterocycles. The van der Waals surface area contributed by atoms with Crippen molar-refractivity contribution in [3.8, 4) is 0 Å². The second kappa shape index (κ2) is 11.4. The molecule has 0 aliphatic heterocycles. The Balaban J connectivity index is 0.00000312. The molecule has 1 amide bonds. The number of benzene rings is 1. The van der Waals surface area contributed by atoms with Crippen molar-refractivity contribution in [1.29, 1.82) is 0 Å². The summed E-state index contributed by atoms with van der Waals surface area (Å²) in [4.78, 5) is 20.1. The van der Waals surface area contributed by atoms with Crippen LogP contribution < -0.4 is 16.4 Å². The number of nitrogens with zero attached hydrogens (tertiary/aromatic N) is 2. The number of halogens is 1. The normalized spacial score (nSPS) is 10.7. The van der Waals surface area contributed by atoms with E-state index < -0.39 is 0 Å². The maximum absolute atomic E-state index is 11.8. The number of hydrogen-bond acceptors (Lipinski definition) is 3. The average Bonchev–Trinajstić information content (AvgIpc) is 2.58. The van der Waals surface area contributed by atoms with Gasteiger partial charge in [0, 0.05) is 19.2 Å². The average molecular weight is 453 g/mol. The van der Waals surface area contributed by atoms with E-state index in [1.54, 1.807) is 12.3 Å². The van der Waals surface area contributed by atoms with Gasteiger partial charge in [0.2, 0.25) is 5.91 Å². The summed E-state index contributed by atoms with van der Waals surface area (Å²) in [6.07, 6.45) is 2.84. The first kappa shape index (κ1) is 20.9. The first-order valence-electron chi connectivity index (χ1n) is 7.94. The van der Waals surface area contributed by atoms with Gasteiger partial charge in [-0.3, -0.25) is 9.79 Å². The summed E-state index contributed by atoms with van der Waals surface area (Å²) < 4.78 is 0. The summed E-state index contributed by atoms with van der Waals surface area (Å²) in [7, 11) is 0. The van der Waals surface area contributed by atoms with Crippen molar-refractivity contribution in [2.24, 2.45) is 10.7 Å². The fraction of sp³-hybridized carbons (Fsp3) is 0.278. The Bertz CT molecular complexity index is 674. The van der Waals surface area contributed by atoms with Gasteiger partial charge >= 0.3 is 0 Å². The molecule has 2 aromatic rings. The Morgan fingerprint density at radius 1 is 1.20 bits per heavy atom. The fourth-order valence-corrected chi connectivity index (χ4v) is 2.06. The number of aromatic nitrogens is 1. The summed E-state index contributed by atoms with van der Waals surface area (Å²) in [5.41, 5.74) is 8.07. The topological polar surface area (TPSA) is 92.4 Å². The van der Waals surface area contributed by atoms with Gasteiger partial charge in [-0.2, -0.15) is 0 Å². The molecule has 0 spiro atoms. The molecule has 0 aliphatic rings. The standard InChI is InChI=1S/C18H23N5O.HI/c1-14-7-8-16(22-13-14)23-17(24)10-12-21-18(19)20-11-9-15-5-3-2-4-6-15;/h2-8,13H,9-12H2,1H3,(H3,19,20,21)(H,22,23,24);1H. The molecule has 0 bridgehead atoms. The summed E-state index contributed by atoms with van der Waals surface area (Å²) in [6, 6.07) is 13.8. The number of carbonyl (C=O) groups excluding carboxylic acids is 1. The van der Waals surface area contributed by atoms with Gasteiger partial charge in [-0.15, -0.1) is 24.0 Å². The first-order valence-corrected chi connectivity index (χ1v) is 7.94. The van der Waals surface area contributed by atoms with Crippen LogP contribution in [0.5, 0.6) is 0 Å². The van der Waals surface area contributed by atoms with Crippen molar-refractivity contribution >= 4 is 41.7 Å². The van der Waals surface area contributed by atoms with E-state index in [9.17, 15) is 4.79 Å². The summed E-state index contributed by atoms with van der Waals surface area (Å²) >= 11 is 0. The molecule has 6 nitrogen and oxygen atoms in total. The lowest BCUT2D eigenvalue weighted by Gasteiger charge is -2.06. The number of guanidine groups is 1. The number of aliphatic imine (C=N–C) groups is 1. The number of nitrogens with two attached hydrogens (primary N) is 1. The number of amides is 1. The van der Waals surface area contributed by atoms with E-state index in [1.807, 2.05) is 31.2 Å². The molecule has 0 atom stereocenters. The lowest BCUT2D eigenvalue weighted by molar-refractivity contribution is -0.116. The van der Waals surface area contributed by atoms with Crippen LogP contribution in [0.1, 0.15) is 17.5 Å². The zero-order chi connectivity index (χ0) is 17.2. The zero-order valence-corrected chi connectivity index (χ0v) is 16.6. The van der Waals surface area contributed by atoms with Crippen molar-refractivity contribution in [1.82, 2.24) is 10.3 Å². The van der Waals surface area contributed by atoms with Gasteiger partial charge in [0.25, 0.3) is 0 Å². The number of anilines is 1. The maximum Gasteiger partial charge on any atom is 0.227 e. The first-order chi connectivity index (χ1) is 11.6. The molecular weight excluding hydrogens is 429 g/mol. The van der Waals surface area contributed by atoms with Gasteiger partial charge in [-0.05, 0) is 30.5 Å². The number of carbonyl (C=O) groups is 1. The van der Waals surface area contributed by atoms with E-state index in [1.165, 1.54) is 5.56 Å². The van der Waals surface area contributed by atoms with Crippen LogP contribution >= 0.6 is 24.0 Å². The van der Waals surface area contributed by atoms with Crippen LogP contribution in [0.4, 0.5) is 5.82 Å². The van der Waals surface area contributed by atoms with Crippen molar-refractivity contribution in [3.05, 3.63) is 59.8 Å². The van der Waals surface area contributed by atoms with Crippen LogP contribution in [0.25, 0.3) is 0 Å². The maximum atomic E-state index is 11.8. The molecule has 0 fully saturated rings. The highest BCUT2D eigenvalue weighted by molar-refractivity contribution is 14.0. The molecule has 0 radical (unpaired) electrons. The van der Waals surface area contributed by atoms with Crippen LogP contribution in [-0.4, -0.2) is 29.9 Å². The van der Waals surface area contributed by atoms with Gasteiger partial charge in [-0.25, -0.2) is 4.98 Å². The minimum absolute atomic E-state index is 0. The third-order valence-electron chi connectivity index (χ3n) is 3.36. The summed E-state index contributed by atoms with van der Waals surface area (Å²) in [6.45, 7) is 2.99. The molecule has 1 heterocycles. The van der Waals surface area contributed by atoms with Gasteiger partial charge in [0.1, 0.15) is 5.82 Å². The number of hydrogen-bond donors (Lipinski definition) is 3. The van der Waals surface area contributed by atoms with Gasteiger partial charge in [0.15, 0.2) is 5.96 Å². The Kier molecular flexibility index (Phi) is 9.53. The predicted molar refractivity (Wildman–Crippen MR) is 112 cm³/mol. The fourth-order valence-electron chi connectivity index (χ4n) is 2.06. The van der Waals surface area contributed by atoms with E-state index in [4.69, 9.17) is 5.73 Å². The van der Waals surface area contributed by atoms with Gasteiger partial charge < -0.3 is 16.4 Å². The van der Waals surface area contributed by atoms with Crippen molar-refractivity contribution in [2.45, 2.75) is 19.8 Å². The molecule has 4 N–H and O–H groups in total. The molecule has 0 saturated carbocycles. The second-order valence-corrected chi connectivity index (χ2v) is 5.45.